The van der Waals surface area contributed by atoms with Crippen LogP contribution in [0.15, 0.2) is 22.8 Å². The Morgan fingerprint density at radius 2 is 2.38 bits per heavy atom. The van der Waals surface area contributed by atoms with Crippen molar-refractivity contribution in [1.82, 2.24) is 14.6 Å². The molecule has 1 fully saturated rings. The fourth-order valence-corrected chi connectivity index (χ4v) is 2.55. The van der Waals surface area contributed by atoms with Crippen molar-refractivity contribution >= 4 is 21.6 Å². The molecule has 0 amide bonds. The van der Waals surface area contributed by atoms with E-state index in [2.05, 4.69) is 26.1 Å². The molecule has 3 heterocycles. The van der Waals surface area contributed by atoms with Crippen LogP contribution >= 0.6 is 15.9 Å². The van der Waals surface area contributed by atoms with Gasteiger partial charge in [-0.2, -0.15) is 0 Å². The zero-order chi connectivity index (χ0) is 11.0. The van der Waals surface area contributed by atoms with Crippen LogP contribution in [-0.2, 0) is 4.74 Å². The van der Waals surface area contributed by atoms with Gasteiger partial charge in [0.15, 0.2) is 5.65 Å². The average molecular weight is 282 g/mol. The van der Waals surface area contributed by atoms with Crippen molar-refractivity contribution in [3.05, 3.63) is 28.6 Å². The minimum atomic E-state index is 0.373. The maximum atomic E-state index is 5.49. The summed E-state index contributed by atoms with van der Waals surface area (Å²) in [6.45, 7) is 1.63. The Morgan fingerprint density at radius 3 is 3.19 bits per heavy atom. The molecule has 0 bridgehead atoms. The molecule has 1 aliphatic rings. The van der Waals surface area contributed by atoms with Crippen LogP contribution in [0.5, 0.6) is 0 Å². The first-order chi connectivity index (χ1) is 7.86. The second-order valence-corrected chi connectivity index (χ2v) is 4.88. The third-order valence-electron chi connectivity index (χ3n) is 2.94. The quantitative estimate of drug-likeness (QED) is 0.806. The standard InChI is InChI=1S/C11H12BrN3O/c12-9-4-1-5-15-10(13-14-11(9)15)8-3-2-6-16-7-8/h1,4-5,8H,2-3,6-7H2. The zero-order valence-corrected chi connectivity index (χ0v) is 10.4. The van der Waals surface area contributed by atoms with Gasteiger partial charge in [0.25, 0.3) is 0 Å². The minimum Gasteiger partial charge on any atom is -0.381 e. The molecule has 0 aliphatic carbocycles. The topological polar surface area (TPSA) is 39.4 Å². The maximum absolute atomic E-state index is 5.49. The summed E-state index contributed by atoms with van der Waals surface area (Å²) in [5, 5.41) is 8.49. The molecule has 1 saturated heterocycles. The molecule has 5 heteroatoms. The summed E-state index contributed by atoms with van der Waals surface area (Å²) < 4.78 is 8.51. The SMILES string of the molecule is Brc1cccn2c(C3CCCOC3)nnc12. The van der Waals surface area contributed by atoms with Crippen molar-refractivity contribution in [3.63, 3.8) is 0 Å². The van der Waals surface area contributed by atoms with Gasteiger partial charge in [0.2, 0.25) is 0 Å². The first-order valence-corrected chi connectivity index (χ1v) is 6.22. The maximum Gasteiger partial charge on any atom is 0.175 e. The number of fused-ring (bicyclic) bond motifs is 1. The second kappa shape index (κ2) is 4.14. The molecule has 0 saturated carbocycles. The molecule has 3 rings (SSSR count). The largest absolute Gasteiger partial charge is 0.381 e. The lowest BCUT2D eigenvalue weighted by Gasteiger charge is -2.20. The Bertz CT molecular complexity index is 505. The van der Waals surface area contributed by atoms with Crippen LogP contribution in [0.2, 0.25) is 0 Å². The summed E-state index contributed by atoms with van der Waals surface area (Å²) in [7, 11) is 0. The molecule has 1 aliphatic heterocycles. The first kappa shape index (κ1) is 10.2. The predicted molar refractivity (Wildman–Crippen MR) is 63.5 cm³/mol. The highest BCUT2D eigenvalue weighted by Gasteiger charge is 2.21. The summed E-state index contributed by atoms with van der Waals surface area (Å²) >= 11 is 3.48. The fourth-order valence-electron chi connectivity index (χ4n) is 2.12. The number of rotatable bonds is 1. The molecule has 1 atom stereocenters. The molecular formula is C11H12BrN3O. The van der Waals surface area contributed by atoms with Gasteiger partial charge in [0.1, 0.15) is 5.82 Å². The van der Waals surface area contributed by atoms with E-state index in [1.807, 2.05) is 22.7 Å². The minimum absolute atomic E-state index is 0.373. The van der Waals surface area contributed by atoms with Crippen LogP contribution in [0.25, 0.3) is 5.65 Å². The van der Waals surface area contributed by atoms with Crippen molar-refractivity contribution in [2.24, 2.45) is 0 Å². The average Bonchev–Trinajstić information content (AvgIpc) is 2.75. The summed E-state index contributed by atoms with van der Waals surface area (Å²) in [6, 6.07) is 3.97. The molecule has 1 unspecified atom stereocenters. The fraction of sp³-hybridized carbons (Fsp3) is 0.455. The van der Waals surface area contributed by atoms with Crippen LogP contribution < -0.4 is 0 Å². The Balaban J connectivity index is 2.06. The van der Waals surface area contributed by atoms with E-state index in [1.54, 1.807) is 0 Å². The van der Waals surface area contributed by atoms with E-state index in [9.17, 15) is 0 Å². The molecule has 16 heavy (non-hydrogen) atoms. The number of pyridine rings is 1. The van der Waals surface area contributed by atoms with Gasteiger partial charge < -0.3 is 4.74 Å². The smallest absolute Gasteiger partial charge is 0.175 e. The summed E-state index contributed by atoms with van der Waals surface area (Å²) in [5.41, 5.74) is 0.878. The number of hydrogen-bond acceptors (Lipinski definition) is 3. The van der Waals surface area contributed by atoms with Crippen LogP contribution in [0.1, 0.15) is 24.6 Å². The highest BCUT2D eigenvalue weighted by atomic mass is 79.9. The van der Waals surface area contributed by atoms with Gasteiger partial charge in [-0.3, -0.25) is 4.40 Å². The highest BCUT2D eigenvalue weighted by molar-refractivity contribution is 9.10. The number of ether oxygens (including phenoxy) is 1. The zero-order valence-electron chi connectivity index (χ0n) is 8.77. The van der Waals surface area contributed by atoms with E-state index >= 15 is 0 Å². The van der Waals surface area contributed by atoms with E-state index in [1.165, 1.54) is 0 Å². The normalized spacial score (nSPS) is 21.4. The lowest BCUT2D eigenvalue weighted by molar-refractivity contribution is 0.0778. The van der Waals surface area contributed by atoms with Crippen LogP contribution in [0.3, 0.4) is 0 Å². The van der Waals surface area contributed by atoms with Gasteiger partial charge in [-0.1, -0.05) is 0 Å². The Labute approximate surface area is 102 Å². The predicted octanol–water partition coefficient (Wildman–Crippen LogP) is 2.39. The van der Waals surface area contributed by atoms with Gasteiger partial charge in [-0.05, 0) is 40.9 Å². The van der Waals surface area contributed by atoms with Gasteiger partial charge in [-0.15, -0.1) is 10.2 Å². The van der Waals surface area contributed by atoms with E-state index in [4.69, 9.17) is 4.74 Å². The van der Waals surface area contributed by atoms with Crippen molar-refractivity contribution in [2.45, 2.75) is 18.8 Å². The van der Waals surface area contributed by atoms with Crippen LogP contribution in [0.4, 0.5) is 0 Å². The van der Waals surface area contributed by atoms with E-state index in [0.717, 1.165) is 42.0 Å². The van der Waals surface area contributed by atoms with Gasteiger partial charge in [-0.25, -0.2) is 0 Å². The molecule has 2 aromatic rings. The summed E-state index contributed by atoms with van der Waals surface area (Å²) in [6.07, 6.45) is 4.24. The molecule has 84 valence electrons. The Morgan fingerprint density at radius 1 is 1.44 bits per heavy atom. The Kier molecular flexibility index (Phi) is 2.65. The molecule has 2 aromatic heterocycles. The Hall–Kier alpha value is -0.940. The third kappa shape index (κ3) is 1.64. The molecule has 4 nitrogen and oxygen atoms in total. The van der Waals surface area contributed by atoms with E-state index in [-0.39, 0.29) is 0 Å². The lowest BCUT2D eigenvalue weighted by Crippen LogP contribution is -2.17. The molecule has 0 spiro atoms. The second-order valence-electron chi connectivity index (χ2n) is 4.02. The highest BCUT2D eigenvalue weighted by Crippen LogP contribution is 2.26. The first-order valence-electron chi connectivity index (χ1n) is 5.43. The number of nitrogens with zero attached hydrogens (tertiary/aromatic N) is 3. The molecule has 0 N–H and O–H groups in total. The van der Waals surface area contributed by atoms with Crippen LogP contribution in [0, 0.1) is 0 Å². The third-order valence-corrected chi connectivity index (χ3v) is 3.56. The number of hydrogen-bond donors (Lipinski definition) is 0. The van der Waals surface area contributed by atoms with E-state index in [0.29, 0.717) is 5.92 Å². The molecule has 0 aromatic carbocycles. The number of halogens is 1. The van der Waals surface area contributed by atoms with Crippen molar-refractivity contribution in [1.29, 1.82) is 0 Å². The number of aromatic nitrogens is 3. The van der Waals surface area contributed by atoms with Crippen molar-refractivity contribution in [3.8, 4) is 0 Å². The van der Waals surface area contributed by atoms with Crippen molar-refractivity contribution < 1.29 is 4.74 Å². The summed E-state index contributed by atoms with van der Waals surface area (Å²) in [5.74, 6) is 1.38. The monoisotopic (exact) mass is 281 g/mol. The van der Waals surface area contributed by atoms with Gasteiger partial charge in [0.05, 0.1) is 11.1 Å². The van der Waals surface area contributed by atoms with Crippen molar-refractivity contribution in [2.75, 3.05) is 13.2 Å². The van der Waals surface area contributed by atoms with E-state index < -0.39 is 0 Å². The molecule has 0 radical (unpaired) electrons. The summed E-state index contributed by atoms with van der Waals surface area (Å²) in [4.78, 5) is 0. The van der Waals surface area contributed by atoms with Crippen LogP contribution in [-0.4, -0.2) is 27.8 Å². The van der Waals surface area contributed by atoms with Gasteiger partial charge in [0, 0.05) is 18.7 Å². The lowest BCUT2D eigenvalue weighted by atomic mass is 10.0. The van der Waals surface area contributed by atoms with Gasteiger partial charge >= 0.3 is 0 Å². The molecular weight excluding hydrogens is 270 g/mol.